The van der Waals surface area contributed by atoms with E-state index in [1.54, 1.807) is 22.9 Å². The van der Waals surface area contributed by atoms with Gasteiger partial charge in [0.2, 0.25) is 5.88 Å². The second-order valence-corrected chi connectivity index (χ2v) is 8.66. The van der Waals surface area contributed by atoms with E-state index in [9.17, 15) is 9.50 Å². The van der Waals surface area contributed by atoms with Crippen LogP contribution in [0, 0.1) is 31.0 Å². The van der Waals surface area contributed by atoms with Gasteiger partial charge in [0.25, 0.3) is 0 Å². The van der Waals surface area contributed by atoms with Crippen LogP contribution in [0.3, 0.4) is 0 Å². The van der Waals surface area contributed by atoms with E-state index >= 15 is 0 Å². The zero-order chi connectivity index (χ0) is 23.9. The van der Waals surface area contributed by atoms with Gasteiger partial charge in [-0.3, -0.25) is 4.90 Å². The summed E-state index contributed by atoms with van der Waals surface area (Å²) in [6.45, 7) is 4.04. The number of rotatable bonds is 12. The van der Waals surface area contributed by atoms with Crippen molar-refractivity contribution in [1.82, 2.24) is 14.7 Å². The largest absolute Gasteiger partial charge is 0.435 e. The minimum Gasteiger partial charge on any atom is -0.435 e. The first kappa shape index (κ1) is 24.0. The fourth-order valence-electron chi connectivity index (χ4n) is 3.90. The Hall–Kier alpha value is -3.18. The second-order valence-electron chi connectivity index (χ2n) is 8.66. The molecule has 2 aromatic carbocycles. The molecule has 0 aliphatic heterocycles. The predicted molar refractivity (Wildman–Crippen MR) is 128 cm³/mol. The molecule has 0 spiro atoms. The molecule has 0 amide bonds. The first-order chi connectivity index (χ1) is 16.5. The van der Waals surface area contributed by atoms with Crippen molar-refractivity contribution >= 4 is 0 Å². The number of benzene rings is 2. The maximum atomic E-state index is 14.5. The highest BCUT2D eigenvalue weighted by Crippen LogP contribution is 2.34. The number of halogens is 1. The van der Waals surface area contributed by atoms with Crippen molar-refractivity contribution < 1.29 is 19.0 Å². The minimum absolute atomic E-state index is 0.136. The molecule has 6 nitrogen and oxygen atoms in total. The van der Waals surface area contributed by atoms with Gasteiger partial charge in [0, 0.05) is 19.6 Å². The minimum atomic E-state index is -0.674. The molecular weight excluding hydrogens is 433 g/mol. The van der Waals surface area contributed by atoms with E-state index in [1.807, 2.05) is 37.3 Å². The first-order valence-electron chi connectivity index (χ1n) is 11.5. The molecule has 1 aromatic heterocycles. The standard InChI is InChI=1S/C27H30FN3O3/c1-3-15-33-19-23(32)17-30(16-21-13-14-21)18-24-20(2)29-31(22-9-5-4-6-10-22)27(24)34-26-12-8-7-11-25(26)28/h1,4-12,21,23,32H,13-19H2,2H3/t23-/m1/s1. The molecule has 1 N–H and O–H groups in total. The summed E-state index contributed by atoms with van der Waals surface area (Å²) in [5.41, 5.74) is 2.46. The van der Waals surface area contributed by atoms with Gasteiger partial charge < -0.3 is 14.6 Å². The lowest BCUT2D eigenvalue weighted by atomic mass is 10.2. The third-order valence-electron chi connectivity index (χ3n) is 5.74. The zero-order valence-corrected chi connectivity index (χ0v) is 19.4. The average molecular weight is 464 g/mol. The number of aromatic nitrogens is 2. The molecule has 1 atom stereocenters. The highest BCUT2D eigenvalue weighted by Gasteiger charge is 2.28. The first-order valence-corrected chi connectivity index (χ1v) is 11.5. The van der Waals surface area contributed by atoms with Crippen molar-refractivity contribution in [2.45, 2.75) is 32.4 Å². The van der Waals surface area contributed by atoms with E-state index in [2.05, 4.69) is 10.8 Å². The summed E-state index contributed by atoms with van der Waals surface area (Å²) in [4.78, 5) is 2.19. The predicted octanol–water partition coefficient (Wildman–Crippen LogP) is 4.33. The van der Waals surface area contributed by atoms with Gasteiger partial charge in [-0.1, -0.05) is 36.3 Å². The van der Waals surface area contributed by atoms with Gasteiger partial charge in [0.05, 0.1) is 29.7 Å². The van der Waals surface area contributed by atoms with E-state index in [0.717, 1.165) is 23.5 Å². The van der Waals surface area contributed by atoms with E-state index in [-0.39, 0.29) is 19.0 Å². The molecule has 1 saturated carbocycles. The van der Waals surface area contributed by atoms with Crippen LogP contribution in [0.5, 0.6) is 11.6 Å². The number of hydrogen-bond acceptors (Lipinski definition) is 5. The Bertz CT molecular complexity index is 1120. The van der Waals surface area contributed by atoms with Gasteiger partial charge in [-0.15, -0.1) is 6.42 Å². The van der Waals surface area contributed by atoms with Crippen LogP contribution in [0.1, 0.15) is 24.1 Å². The van der Waals surface area contributed by atoms with Gasteiger partial charge in [-0.2, -0.15) is 5.10 Å². The van der Waals surface area contributed by atoms with Crippen LogP contribution >= 0.6 is 0 Å². The van der Waals surface area contributed by atoms with E-state index in [0.29, 0.717) is 24.9 Å². The molecular formula is C27H30FN3O3. The zero-order valence-electron chi connectivity index (χ0n) is 19.4. The molecule has 1 aliphatic rings. The Balaban J connectivity index is 1.64. The van der Waals surface area contributed by atoms with Crippen LogP contribution in [-0.2, 0) is 11.3 Å². The van der Waals surface area contributed by atoms with Crippen molar-refractivity contribution in [1.29, 1.82) is 0 Å². The SMILES string of the molecule is C#CCOC[C@H](O)CN(Cc1c(C)nn(-c2ccccc2)c1Oc1ccccc1F)CC1CC1. The summed E-state index contributed by atoms with van der Waals surface area (Å²) in [6, 6.07) is 16.0. The van der Waals surface area contributed by atoms with Crippen LogP contribution in [0.25, 0.3) is 5.69 Å². The number of aliphatic hydroxyl groups is 1. The van der Waals surface area contributed by atoms with E-state index in [4.69, 9.17) is 21.0 Å². The third-order valence-corrected chi connectivity index (χ3v) is 5.74. The van der Waals surface area contributed by atoms with Gasteiger partial charge >= 0.3 is 0 Å². The lowest BCUT2D eigenvalue weighted by molar-refractivity contribution is 0.0250. The van der Waals surface area contributed by atoms with Crippen LogP contribution in [-0.4, -0.2) is 52.2 Å². The molecule has 0 saturated heterocycles. The number of nitrogens with zero attached hydrogens (tertiary/aromatic N) is 3. The van der Waals surface area contributed by atoms with Crippen LogP contribution < -0.4 is 4.74 Å². The maximum Gasteiger partial charge on any atom is 0.227 e. The van der Waals surface area contributed by atoms with E-state index in [1.165, 1.54) is 18.9 Å². The van der Waals surface area contributed by atoms with Gasteiger partial charge in [-0.25, -0.2) is 9.07 Å². The summed E-state index contributed by atoms with van der Waals surface area (Å²) in [5.74, 6) is 3.18. The number of aliphatic hydroxyl groups excluding tert-OH is 1. The number of para-hydroxylation sites is 2. The van der Waals surface area contributed by atoms with Gasteiger partial charge in [-0.05, 0) is 49.9 Å². The highest BCUT2D eigenvalue weighted by atomic mass is 19.1. The Morgan fingerprint density at radius 3 is 2.65 bits per heavy atom. The monoisotopic (exact) mass is 463 g/mol. The third kappa shape index (κ3) is 6.23. The summed E-state index contributed by atoms with van der Waals surface area (Å²) in [7, 11) is 0. The van der Waals surface area contributed by atoms with Crippen molar-refractivity contribution in [2.24, 2.45) is 5.92 Å². The van der Waals surface area contributed by atoms with Crippen molar-refractivity contribution in [3.05, 3.63) is 71.7 Å². The molecule has 3 aromatic rings. The molecule has 0 bridgehead atoms. The second kappa shape index (κ2) is 11.3. The Morgan fingerprint density at radius 2 is 1.94 bits per heavy atom. The number of terminal acetylenes is 1. The summed E-state index contributed by atoms with van der Waals surface area (Å²) in [6.07, 6.45) is 6.92. The number of aryl methyl sites for hydroxylation is 1. The summed E-state index contributed by atoms with van der Waals surface area (Å²) in [5, 5.41) is 15.2. The summed E-state index contributed by atoms with van der Waals surface area (Å²) >= 11 is 0. The lowest BCUT2D eigenvalue weighted by Gasteiger charge is -2.25. The highest BCUT2D eigenvalue weighted by molar-refractivity contribution is 5.43. The van der Waals surface area contributed by atoms with Crippen molar-refractivity contribution in [2.75, 3.05) is 26.3 Å². The molecule has 178 valence electrons. The Morgan fingerprint density at radius 1 is 1.21 bits per heavy atom. The van der Waals surface area contributed by atoms with Crippen LogP contribution in [0.15, 0.2) is 54.6 Å². The maximum absolute atomic E-state index is 14.5. The Kier molecular flexibility index (Phi) is 7.96. The smallest absolute Gasteiger partial charge is 0.227 e. The van der Waals surface area contributed by atoms with Crippen LogP contribution in [0.2, 0.25) is 0 Å². The molecule has 34 heavy (non-hydrogen) atoms. The lowest BCUT2D eigenvalue weighted by Crippen LogP contribution is -2.36. The quantitative estimate of drug-likeness (QED) is 0.320. The molecule has 1 heterocycles. The molecule has 7 heteroatoms. The van der Waals surface area contributed by atoms with E-state index < -0.39 is 11.9 Å². The van der Waals surface area contributed by atoms with Crippen molar-refractivity contribution in [3.63, 3.8) is 0 Å². The van der Waals surface area contributed by atoms with Gasteiger partial charge in [0.1, 0.15) is 6.61 Å². The number of hydrogen-bond donors (Lipinski definition) is 1. The molecule has 1 fully saturated rings. The molecule has 0 unspecified atom stereocenters. The molecule has 0 radical (unpaired) electrons. The number of ether oxygens (including phenoxy) is 2. The summed E-state index contributed by atoms with van der Waals surface area (Å²) < 4.78 is 27.7. The van der Waals surface area contributed by atoms with Gasteiger partial charge in [0.15, 0.2) is 11.6 Å². The Labute approximate surface area is 199 Å². The fourth-order valence-corrected chi connectivity index (χ4v) is 3.90. The fraction of sp³-hybridized carbons (Fsp3) is 0.370. The topological polar surface area (TPSA) is 59.8 Å². The molecule has 1 aliphatic carbocycles. The average Bonchev–Trinajstić information content (AvgIpc) is 3.60. The normalized spacial score (nSPS) is 14.2. The van der Waals surface area contributed by atoms with Crippen LogP contribution in [0.4, 0.5) is 4.39 Å². The van der Waals surface area contributed by atoms with Crippen molar-refractivity contribution in [3.8, 4) is 29.7 Å². The molecule has 4 rings (SSSR count).